The van der Waals surface area contributed by atoms with Gasteiger partial charge in [0, 0.05) is 25.9 Å². The molecule has 0 aromatic heterocycles. The zero-order valence-corrected chi connectivity index (χ0v) is 13.8. The van der Waals surface area contributed by atoms with Gasteiger partial charge in [-0.2, -0.15) is 4.31 Å². The molecule has 1 N–H and O–H groups in total. The molecule has 0 amide bonds. The summed E-state index contributed by atoms with van der Waals surface area (Å²) in [6.45, 7) is 1.07. The summed E-state index contributed by atoms with van der Waals surface area (Å²) in [5, 5.41) is 3.08. The van der Waals surface area contributed by atoms with Crippen LogP contribution in [0.4, 0.5) is 4.39 Å². The van der Waals surface area contributed by atoms with Gasteiger partial charge in [-0.1, -0.05) is 12.1 Å². The highest BCUT2D eigenvalue weighted by molar-refractivity contribution is 7.93. The quantitative estimate of drug-likeness (QED) is 0.817. The van der Waals surface area contributed by atoms with E-state index in [2.05, 4.69) is 5.32 Å². The van der Waals surface area contributed by atoms with E-state index in [0.29, 0.717) is 18.7 Å². The largest absolute Gasteiger partial charge is 0.313 e. The SMILES string of the molecule is CS(=O)(=O)CCS(=O)(=O)N1CCNCC1c1cccc(F)c1. The second-order valence-corrected chi connectivity index (χ2v) is 9.63. The van der Waals surface area contributed by atoms with Crippen molar-refractivity contribution < 1.29 is 21.2 Å². The maximum absolute atomic E-state index is 13.4. The zero-order chi connectivity index (χ0) is 16.4. The van der Waals surface area contributed by atoms with Crippen molar-refractivity contribution in [3.05, 3.63) is 35.6 Å². The Morgan fingerprint density at radius 3 is 2.64 bits per heavy atom. The number of benzene rings is 1. The zero-order valence-electron chi connectivity index (χ0n) is 12.2. The van der Waals surface area contributed by atoms with Crippen LogP contribution in [0.1, 0.15) is 11.6 Å². The molecule has 1 fully saturated rings. The van der Waals surface area contributed by atoms with E-state index in [4.69, 9.17) is 0 Å². The summed E-state index contributed by atoms with van der Waals surface area (Å²) < 4.78 is 62.0. The number of sulfone groups is 1. The molecule has 1 aromatic carbocycles. The third-order valence-corrected chi connectivity index (χ3v) is 6.57. The van der Waals surface area contributed by atoms with Gasteiger partial charge in [0.2, 0.25) is 10.0 Å². The second-order valence-electron chi connectivity index (χ2n) is 5.33. The molecule has 6 nitrogen and oxygen atoms in total. The minimum atomic E-state index is -3.73. The summed E-state index contributed by atoms with van der Waals surface area (Å²) in [6, 6.07) is 5.26. The molecule has 0 spiro atoms. The minimum Gasteiger partial charge on any atom is -0.313 e. The molecule has 124 valence electrons. The summed E-state index contributed by atoms with van der Waals surface area (Å²) in [5.41, 5.74) is 0.551. The fourth-order valence-corrected chi connectivity index (χ4v) is 5.63. The molecule has 0 radical (unpaired) electrons. The van der Waals surface area contributed by atoms with Crippen LogP contribution in [0.25, 0.3) is 0 Å². The summed E-state index contributed by atoms with van der Waals surface area (Å²) in [7, 11) is -7.10. The average Bonchev–Trinajstić information content (AvgIpc) is 2.45. The van der Waals surface area contributed by atoms with Crippen molar-refractivity contribution >= 4 is 19.9 Å². The molecule has 1 atom stereocenters. The maximum atomic E-state index is 13.4. The number of hydrogen-bond acceptors (Lipinski definition) is 5. The molecule has 1 aromatic rings. The Kier molecular flexibility index (Phi) is 5.21. The minimum absolute atomic E-state index is 0.229. The van der Waals surface area contributed by atoms with E-state index >= 15 is 0 Å². The van der Waals surface area contributed by atoms with Gasteiger partial charge in [-0.3, -0.25) is 0 Å². The number of nitrogens with one attached hydrogen (secondary N) is 1. The lowest BCUT2D eigenvalue weighted by Crippen LogP contribution is -2.49. The van der Waals surface area contributed by atoms with Gasteiger partial charge < -0.3 is 5.32 Å². The molecule has 1 aliphatic rings. The Balaban J connectivity index is 2.26. The molecule has 2 rings (SSSR count). The van der Waals surface area contributed by atoms with Crippen LogP contribution in [-0.4, -0.2) is 58.5 Å². The third-order valence-electron chi connectivity index (χ3n) is 3.50. The van der Waals surface area contributed by atoms with E-state index < -0.39 is 43.2 Å². The highest BCUT2D eigenvalue weighted by atomic mass is 32.2. The Labute approximate surface area is 130 Å². The van der Waals surface area contributed by atoms with E-state index in [1.807, 2.05) is 0 Å². The van der Waals surface area contributed by atoms with Crippen molar-refractivity contribution in [3.63, 3.8) is 0 Å². The number of rotatable bonds is 5. The van der Waals surface area contributed by atoms with Crippen LogP contribution in [0.3, 0.4) is 0 Å². The Morgan fingerprint density at radius 2 is 2.00 bits per heavy atom. The van der Waals surface area contributed by atoms with Crippen molar-refractivity contribution in [2.45, 2.75) is 6.04 Å². The molecular formula is C13H19FN2O4S2. The van der Waals surface area contributed by atoms with Gasteiger partial charge >= 0.3 is 0 Å². The van der Waals surface area contributed by atoms with Crippen LogP contribution in [0, 0.1) is 5.82 Å². The lowest BCUT2D eigenvalue weighted by atomic mass is 10.1. The first kappa shape index (κ1) is 17.3. The van der Waals surface area contributed by atoms with Gasteiger partial charge in [-0.15, -0.1) is 0 Å². The Morgan fingerprint density at radius 1 is 1.27 bits per heavy atom. The highest BCUT2D eigenvalue weighted by Gasteiger charge is 2.33. The summed E-state index contributed by atoms with van der Waals surface area (Å²) in [4.78, 5) is 0. The fraction of sp³-hybridized carbons (Fsp3) is 0.538. The molecule has 1 heterocycles. The predicted octanol–water partition coefficient (Wildman–Crippen LogP) is 0.146. The fourth-order valence-electron chi connectivity index (χ4n) is 2.39. The Hall–Kier alpha value is -1.03. The highest BCUT2D eigenvalue weighted by Crippen LogP contribution is 2.26. The molecule has 0 bridgehead atoms. The lowest BCUT2D eigenvalue weighted by molar-refractivity contribution is 0.271. The smallest absolute Gasteiger partial charge is 0.215 e. The first-order valence-electron chi connectivity index (χ1n) is 6.82. The normalized spacial score (nSPS) is 20.9. The summed E-state index contributed by atoms with van der Waals surface area (Å²) >= 11 is 0. The van der Waals surface area contributed by atoms with Gasteiger partial charge in [0.25, 0.3) is 0 Å². The molecule has 1 unspecified atom stereocenters. The molecule has 0 aliphatic carbocycles. The van der Waals surface area contributed by atoms with Gasteiger partial charge in [-0.25, -0.2) is 21.2 Å². The molecule has 9 heteroatoms. The van der Waals surface area contributed by atoms with Crippen molar-refractivity contribution in [2.75, 3.05) is 37.4 Å². The second kappa shape index (κ2) is 6.61. The maximum Gasteiger partial charge on any atom is 0.215 e. The number of piperazine rings is 1. The molecule has 1 aliphatic heterocycles. The Bertz CT molecular complexity index is 734. The van der Waals surface area contributed by atoms with Gasteiger partial charge in [0.05, 0.1) is 17.5 Å². The van der Waals surface area contributed by atoms with Crippen LogP contribution in [0.5, 0.6) is 0 Å². The summed E-state index contributed by atoms with van der Waals surface area (Å²) in [6.07, 6.45) is 1.00. The predicted molar refractivity (Wildman–Crippen MR) is 82.2 cm³/mol. The van der Waals surface area contributed by atoms with Crippen LogP contribution < -0.4 is 5.32 Å². The molecule has 22 heavy (non-hydrogen) atoms. The monoisotopic (exact) mass is 350 g/mol. The van der Waals surface area contributed by atoms with E-state index in [1.54, 1.807) is 6.07 Å². The van der Waals surface area contributed by atoms with Crippen molar-refractivity contribution in [1.82, 2.24) is 9.62 Å². The van der Waals surface area contributed by atoms with Crippen molar-refractivity contribution in [1.29, 1.82) is 0 Å². The van der Waals surface area contributed by atoms with Crippen LogP contribution >= 0.6 is 0 Å². The number of hydrogen-bond donors (Lipinski definition) is 1. The van der Waals surface area contributed by atoms with E-state index in [9.17, 15) is 21.2 Å². The topological polar surface area (TPSA) is 83.5 Å². The molecule has 1 saturated heterocycles. The number of halogens is 1. The first-order valence-corrected chi connectivity index (χ1v) is 10.5. The van der Waals surface area contributed by atoms with Gasteiger partial charge in [-0.05, 0) is 17.7 Å². The van der Waals surface area contributed by atoms with Crippen molar-refractivity contribution in [2.24, 2.45) is 0 Å². The van der Waals surface area contributed by atoms with Crippen LogP contribution in [0.2, 0.25) is 0 Å². The molecular weight excluding hydrogens is 331 g/mol. The standard InChI is InChI=1S/C13H19FN2O4S2/c1-21(17,18)7-8-22(19,20)16-6-5-15-10-13(16)11-3-2-4-12(14)9-11/h2-4,9,13,15H,5-8,10H2,1H3. The number of nitrogens with zero attached hydrogens (tertiary/aromatic N) is 1. The summed E-state index contributed by atoms with van der Waals surface area (Å²) in [5.74, 6) is -1.32. The van der Waals surface area contributed by atoms with Gasteiger partial charge in [0.15, 0.2) is 0 Å². The lowest BCUT2D eigenvalue weighted by Gasteiger charge is -2.35. The third kappa shape index (κ3) is 4.48. The first-order chi connectivity index (χ1) is 10.2. The number of sulfonamides is 1. The average molecular weight is 350 g/mol. The molecule has 0 saturated carbocycles. The van der Waals surface area contributed by atoms with E-state index in [-0.39, 0.29) is 6.54 Å². The van der Waals surface area contributed by atoms with Crippen LogP contribution in [-0.2, 0) is 19.9 Å². The van der Waals surface area contributed by atoms with E-state index in [0.717, 1.165) is 6.26 Å². The van der Waals surface area contributed by atoms with Crippen molar-refractivity contribution in [3.8, 4) is 0 Å². The van der Waals surface area contributed by atoms with Crippen LogP contribution in [0.15, 0.2) is 24.3 Å². The van der Waals surface area contributed by atoms with E-state index in [1.165, 1.54) is 22.5 Å². The van der Waals surface area contributed by atoms with Gasteiger partial charge in [0.1, 0.15) is 15.7 Å².